The van der Waals surface area contributed by atoms with Crippen molar-refractivity contribution in [2.24, 2.45) is 0 Å². The zero-order valence-corrected chi connectivity index (χ0v) is 16.1. The van der Waals surface area contributed by atoms with Gasteiger partial charge in [0, 0.05) is 12.1 Å². The lowest BCUT2D eigenvalue weighted by Gasteiger charge is -2.16. The highest BCUT2D eigenvalue weighted by molar-refractivity contribution is 7.92. The maximum Gasteiger partial charge on any atom is 0.340 e. The second-order valence-corrected chi connectivity index (χ2v) is 7.27. The van der Waals surface area contributed by atoms with Crippen molar-refractivity contribution in [2.75, 3.05) is 26.1 Å². The van der Waals surface area contributed by atoms with E-state index in [1.54, 1.807) is 26.0 Å². The molecule has 0 unspecified atom stereocenters. The summed E-state index contributed by atoms with van der Waals surface area (Å²) in [5.41, 5.74) is 1.44. The number of ether oxygens (including phenoxy) is 3. The molecule has 0 aliphatic rings. The average Bonchev–Trinajstić information content (AvgIpc) is 2.62. The number of sulfonamides is 1. The number of hydrogen-bond acceptors (Lipinski definition) is 6. The van der Waals surface area contributed by atoms with Crippen LogP contribution in [0, 0.1) is 13.8 Å². The standard InChI is InChI=1S/C18H21NO6S/c1-11-6-7-12(2)17(8-11)26(21,22)19-14-10-16(24-4)15(23-3)9-13(14)18(20)25-5/h6-10,19H,1-5H3. The number of nitrogens with one attached hydrogen (secondary N) is 1. The monoisotopic (exact) mass is 379 g/mol. The maximum atomic E-state index is 12.9. The summed E-state index contributed by atoms with van der Waals surface area (Å²) in [4.78, 5) is 12.2. The van der Waals surface area contributed by atoms with Gasteiger partial charge in [0.05, 0.1) is 37.5 Å². The van der Waals surface area contributed by atoms with Crippen molar-refractivity contribution in [1.82, 2.24) is 0 Å². The predicted octanol–water partition coefficient (Wildman–Crippen LogP) is 2.91. The molecule has 0 saturated heterocycles. The van der Waals surface area contributed by atoms with Gasteiger partial charge in [0.2, 0.25) is 0 Å². The third-order valence-electron chi connectivity index (χ3n) is 3.81. The van der Waals surface area contributed by atoms with Gasteiger partial charge in [-0.25, -0.2) is 13.2 Å². The molecule has 0 fully saturated rings. The summed E-state index contributed by atoms with van der Waals surface area (Å²) in [6.07, 6.45) is 0. The topological polar surface area (TPSA) is 90.9 Å². The quantitative estimate of drug-likeness (QED) is 0.776. The summed E-state index contributed by atoms with van der Waals surface area (Å²) in [5, 5.41) is 0. The number of aryl methyl sites for hydroxylation is 2. The Bertz CT molecular complexity index is 937. The molecular formula is C18H21NO6S. The largest absolute Gasteiger partial charge is 0.493 e. The number of hydrogen-bond donors (Lipinski definition) is 1. The smallest absolute Gasteiger partial charge is 0.340 e. The maximum absolute atomic E-state index is 12.9. The van der Waals surface area contributed by atoms with Crippen LogP contribution in [0.15, 0.2) is 35.2 Å². The van der Waals surface area contributed by atoms with Gasteiger partial charge in [-0.05, 0) is 31.0 Å². The molecule has 1 N–H and O–H groups in total. The summed E-state index contributed by atoms with van der Waals surface area (Å²) < 4.78 is 43.3. The summed E-state index contributed by atoms with van der Waals surface area (Å²) in [6.45, 7) is 3.50. The Labute approximate surface area is 152 Å². The molecule has 0 atom stereocenters. The van der Waals surface area contributed by atoms with Gasteiger partial charge in [-0.1, -0.05) is 12.1 Å². The van der Waals surface area contributed by atoms with Crippen LogP contribution in [0.1, 0.15) is 21.5 Å². The first-order valence-corrected chi connectivity index (χ1v) is 9.16. The van der Waals surface area contributed by atoms with E-state index in [1.807, 2.05) is 6.07 Å². The van der Waals surface area contributed by atoms with Crippen molar-refractivity contribution in [3.05, 3.63) is 47.0 Å². The van der Waals surface area contributed by atoms with Crippen LogP contribution in [0.3, 0.4) is 0 Å². The van der Waals surface area contributed by atoms with E-state index in [2.05, 4.69) is 4.72 Å². The fourth-order valence-electron chi connectivity index (χ4n) is 2.44. The van der Waals surface area contributed by atoms with Crippen LogP contribution < -0.4 is 14.2 Å². The summed E-state index contributed by atoms with van der Waals surface area (Å²) >= 11 is 0. The molecule has 2 aromatic carbocycles. The number of carbonyl (C=O) groups is 1. The summed E-state index contributed by atoms with van der Waals surface area (Å²) in [7, 11) is 0.112. The lowest BCUT2D eigenvalue weighted by Crippen LogP contribution is -2.17. The van der Waals surface area contributed by atoms with E-state index in [4.69, 9.17) is 14.2 Å². The fraction of sp³-hybridized carbons (Fsp3) is 0.278. The highest BCUT2D eigenvalue weighted by atomic mass is 32.2. The third-order valence-corrected chi connectivity index (χ3v) is 5.31. The van der Waals surface area contributed by atoms with Crippen LogP contribution in [0.5, 0.6) is 11.5 Å². The number of methoxy groups -OCH3 is 3. The van der Waals surface area contributed by atoms with E-state index in [0.29, 0.717) is 5.56 Å². The molecule has 0 aliphatic heterocycles. The molecule has 0 bridgehead atoms. The van der Waals surface area contributed by atoms with Crippen LogP contribution in [0.25, 0.3) is 0 Å². The minimum Gasteiger partial charge on any atom is -0.493 e. The first kappa shape index (κ1) is 19.6. The third kappa shape index (κ3) is 3.91. The van der Waals surface area contributed by atoms with Crippen LogP contribution in [-0.2, 0) is 14.8 Å². The summed E-state index contributed by atoms with van der Waals surface area (Å²) in [6, 6.07) is 7.86. The number of rotatable bonds is 6. The minimum atomic E-state index is -3.93. The molecule has 0 heterocycles. The van der Waals surface area contributed by atoms with Gasteiger partial charge >= 0.3 is 5.97 Å². The highest BCUT2D eigenvalue weighted by Gasteiger charge is 2.23. The highest BCUT2D eigenvalue weighted by Crippen LogP contribution is 2.35. The molecule has 0 aromatic heterocycles. The molecule has 8 heteroatoms. The lowest BCUT2D eigenvalue weighted by atomic mass is 10.1. The zero-order valence-electron chi connectivity index (χ0n) is 15.2. The van der Waals surface area contributed by atoms with Crippen LogP contribution in [0.4, 0.5) is 5.69 Å². The molecule has 26 heavy (non-hydrogen) atoms. The average molecular weight is 379 g/mol. The van der Waals surface area contributed by atoms with Gasteiger partial charge in [0.25, 0.3) is 10.0 Å². The zero-order chi connectivity index (χ0) is 19.5. The van der Waals surface area contributed by atoms with Gasteiger partial charge in [0.15, 0.2) is 11.5 Å². The van der Waals surface area contributed by atoms with Gasteiger partial charge in [-0.15, -0.1) is 0 Å². The molecule has 0 aliphatic carbocycles. The number of anilines is 1. The number of carbonyl (C=O) groups excluding carboxylic acids is 1. The normalized spacial score (nSPS) is 11.0. The second-order valence-electron chi connectivity index (χ2n) is 5.62. The first-order chi connectivity index (χ1) is 12.2. The fourth-order valence-corrected chi connectivity index (χ4v) is 3.84. The molecule has 2 aromatic rings. The van der Waals surface area contributed by atoms with E-state index in [1.165, 1.54) is 33.5 Å². The SMILES string of the molecule is COC(=O)c1cc(OC)c(OC)cc1NS(=O)(=O)c1cc(C)ccc1C. The van der Waals surface area contributed by atoms with Gasteiger partial charge in [-0.2, -0.15) is 0 Å². The van der Waals surface area contributed by atoms with Gasteiger partial charge in [-0.3, -0.25) is 4.72 Å². The van der Waals surface area contributed by atoms with Crippen molar-refractivity contribution in [3.63, 3.8) is 0 Å². The van der Waals surface area contributed by atoms with Gasteiger partial charge in [0.1, 0.15) is 0 Å². The van der Waals surface area contributed by atoms with E-state index in [0.717, 1.165) is 5.56 Å². The molecule has 2 rings (SSSR count). The molecule has 7 nitrogen and oxygen atoms in total. The van der Waals surface area contributed by atoms with Crippen LogP contribution in [0.2, 0.25) is 0 Å². The van der Waals surface area contributed by atoms with E-state index >= 15 is 0 Å². The molecule has 0 radical (unpaired) electrons. The minimum absolute atomic E-state index is 0.0130. The Kier molecular flexibility index (Phi) is 5.76. The lowest BCUT2D eigenvalue weighted by molar-refractivity contribution is 0.0601. The van der Waals surface area contributed by atoms with Crippen molar-refractivity contribution < 1.29 is 27.4 Å². The Hall–Kier alpha value is -2.74. The Morgan fingerprint density at radius 2 is 1.58 bits per heavy atom. The molecule has 140 valence electrons. The number of benzene rings is 2. The van der Waals surface area contributed by atoms with Crippen LogP contribution in [-0.4, -0.2) is 35.7 Å². The molecule has 0 amide bonds. The van der Waals surface area contributed by atoms with E-state index in [-0.39, 0.29) is 27.6 Å². The van der Waals surface area contributed by atoms with E-state index < -0.39 is 16.0 Å². The Morgan fingerprint density at radius 1 is 0.962 bits per heavy atom. The van der Waals surface area contributed by atoms with Gasteiger partial charge < -0.3 is 14.2 Å². The van der Waals surface area contributed by atoms with Crippen molar-refractivity contribution in [2.45, 2.75) is 18.7 Å². The van der Waals surface area contributed by atoms with E-state index in [9.17, 15) is 13.2 Å². The second kappa shape index (κ2) is 7.65. The number of esters is 1. The Morgan fingerprint density at radius 3 is 2.15 bits per heavy atom. The molecular weight excluding hydrogens is 358 g/mol. The first-order valence-electron chi connectivity index (χ1n) is 7.68. The van der Waals surface area contributed by atoms with Crippen molar-refractivity contribution in [1.29, 1.82) is 0 Å². The van der Waals surface area contributed by atoms with Crippen molar-refractivity contribution >= 4 is 21.7 Å². The Balaban J connectivity index is 2.60. The van der Waals surface area contributed by atoms with Crippen LogP contribution >= 0.6 is 0 Å². The molecule has 0 saturated carbocycles. The van der Waals surface area contributed by atoms with Crippen molar-refractivity contribution in [3.8, 4) is 11.5 Å². The predicted molar refractivity (Wildman–Crippen MR) is 97.6 cm³/mol. The molecule has 0 spiro atoms. The summed E-state index contributed by atoms with van der Waals surface area (Å²) in [5.74, 6) is -0.147.